The maximum atomic E-state index is 12.8. The van der Waals surface area contributed by atoms with Gasteiger partial charge in [0.25, 0.3) is 5.22 Å². The highest BCUT2D eigenvalue weighted by atomic mass is 32.2. The van der Waals surface area contributed by atoms with Gasteiger partial charge < -0.3 is 4.42 Å². The number of thioether (sulfide) groups is 1. The largest absolute Gasteiger partial charge is 0.416 e. The van der Waals surface area contributed by atoms with Crippen LogP contribution in [0.15, 0.2) is 27.8 Å². The zero-order valence-electron chi connectivity index (χ0n) is 17.3. The first-order chi connectivity index (χ1) is 13.6. The van der Waals surface area contributed by atoms with Crippen molar-refractivity contribution < 1.29 is 17.6 Å². The summed E-state index contributed by atoms with van der Waals surface area (Å²) in [6.45, 7) is 8.48. The van der Waals surface area contributed by atoms with Gasteiger partial charge in [0, 0.05) is 12.0 Å². The second kappa shape index (κ2) is 9.00. The first kappa shape index (κ1) is 22.0. The Labute approximate surface area is 176 Å². The standard InChI is InChI=1S/C21H28N2O4S2/c1-13(2)16-5-6-17(18(10-16)14(3)4)19(24)11-28-21-23-22-20(27-21)9-15-7-8-29(25,26)12-15/h5-6,10,13-15H,7-9,11-12H2,1-4H3. The molecule has 1 saturated heterocycles. The van der Waals surface area contributed by atoms with Crippen LogP contribution in [-0.4, -0.2) is 41.7 Å². The van der Waals surface area contributed by atoms with Gasteiger partial charge in [0.15, 0.2) is 15.6 Å². The Bertz CT molecular complexity index is 980. The second-order valence-electron chi connectivity index (χ2n) is 8.30. The molecule has 0 spiro atoms. The van der Waals surface area contributed by atoms with E-state index in [1.165, 1.54) is 17.3 Å². The van der Waals surface area contributed by atoms with Gasteiger partial charge in [-0.05, 0) is 35.3 Å². The molecule has 0 saturated carbocycles. The molecule has 1 fully saturated rings. The molecule has 1 aliphatic rings. The molecular weight excluding hydrogens is 408 g/mol. The fourth-order valence-corrected chi connectivity index (χ4v) is 6.06. The van der Waals surface area contributed by atoms with Crippen LogP contribution >= 0.6 is 11.8 Å². The van der Waals surface area contributed by atoms with Crippen LogP contribution in [-0.2, 0) is 16.3 Å². The lowest BCUT2D eigenvalue weighted by Gasteiger charge is -2.15. The molecule has 1 unspecified atom stereocenters. The molecule has 2 aromatic rings. The average molecular weight is 437 g/mol. The van der Waals surface area contributed by atoms with Gasteiger partial charge in [-0.25, -0.2) is 8.42 Å². The summed E-state index contributed by atoms with van der Waals surface area (Å²) < 4.78 is 28.8. The molecule has 6 nitrogen and oxygen atoms in total. The fourth-order valence-electron chi connectivity index (χ4n) is 3.54. The van der Waals surface area contributed by atoms with Gasteiger partial charge in [-0.1, -0.05) is 57.7 Å². The van der Waals surface area contributed by atoms with Crippen LogP contribution in [0.3, 0.4) is 0 Å². The normalized spacial score (nSPS) is 18.6. The van der Waals surface area contributed by atoms with Crippen molar-refractivity contribution in [2.24, 2.45) is 5.92 Å². The third-order valence-electron chi connectivity index (χ3n) is 5.23. The van der Waals surface area contributed by atoms with E-state index < -0.39 is 9.84 Å². The van der Waals surface area contributed by atoms with Gasteiger partial charge >= 0.3 is 0 Å². The molecule has 0 bridgehead atoms. The second-order valence-corrected chi connectivity index (χ2v) is 11.5. The molecule has 8 heteroatoms. The molecule has 1 aliphatic heterocycles. The monoisotopic (exact) mass is 436 g/mol. The van der Waals surface area contributed by atoms with E-state index >= 15 is 0 Å². The summed E-state index contributed by atoms with van der Waals surface area (Å²) in [5.41, 5.74) is 3.04. The van der Waals surface area contributed by atoms with Crippen molar-refractivity contribution in [3.63, 3.8) is 0 Å². The van der Waals surface area contributed by atoms with E-state index in [2.05, 4.69) is 44.0 Å². The SMILES string of the molecule is CC(C)c1ccc(C(=O)CSc2nnc(CC3CCS(=O)(=O)C3)o2)c(C(C)C)c1. The predicted octanol–water partition coefficient (Wildman–Crippen LogP) is 4.27. The predicted molar refractivity (Wildman–Crippen MR) is 114 cm³/mol. The molecule has 2 heterocycles. The topological polar surface area (TPSA) is 90.1 Å². The average Bonchev–Trinajstić information content (AvgIpc) is 3.24. The maximum absolute atomic E-state index is 12.8. The molecule has 0 N–H and O–H groups in total. The molecular formula is C21H28N2O4S2. The Morgan fingerprint density at radius 2 is 1.97 bits per heavy atom. The quantitative estimate of drug-likeness (QED) is 0.451. The van der Waals surface area contributed by atoms with E-state index in [0.29, 0.717) is 29.9 Å². The van der Waals surface area contributed by atoms with Crippen LogP contribution in [0.2, 0.25) is 0 Å². The van der Waals surface area contributed by atoms with E-state index in [4.69, 9.17) is 4.42 Å². The van der Waals surface area contributed by atoms with Gasteiger partial charge in [0.05, 0.1) is 17.3 Å². The van der Waals surface area contributed by atoms with Gasteiger partial charge in [0.1, 0.15) is 0 Å². The Kier molecular flexibility index (Phi) is 6.83. The van der Waals surface area contributed by atoms with Gasteiger partial charge in [-0.15, -0.1) is 10.2 Å². The number of ketones is 1. The van der Waals surface area contributed by atoms with E-state index in [-0.39, 0.29) is 34.9 Å². The number of nitrogens with zero attached hydrogens (tertiary/aromatic N) is 2. The first-order valence-electron chi connectivity index (χ1n) is 9.97. The minimum absolute atomic E-state index is 0.0352. The van der Waals surface area contributed by atoms with Gasteiger partial charge in [-0.3, -0.25) is 4.79 Å². The summed E-state index contributed by atoms with van der Waals surface area (Å²) >= 11 is 1.22. The Balaban J connectivity index is 1.62. The molecule has 1 atom stereocenters. The van der Waals surface area contributed by atoms with Crippen molar-refractivity contribution in [1.82, 2.24) is 10.2 Å². The van der Waals surface area contributed by atoms with Gasteiger partial charge in [0.2, 0.25) is 5.89 Å². The molecule has 0 aliphatic carbocycles. The number of carbonyl (C=O) groups is 1. The number of rotatable bonds is 8. The zero-order chi connectivity index (χ0) is 21.2. The van der Waals surface area contributed by atoms with E-state index in [1.54, 1.807) is 0 Å². The van der Waals surface area contributed by atoms with Crippen molar-refractivity contribution in [3.8, 4) is 0 Å². The number of benzene rings is 1. The van der Waals surface area contributed by atoms with E-state index in [0.717, 1.165) is 11.1 Å². The van der Waals surface area contributed by atoms with Crippen LogP contribution in [0.4, 0.5) is 0 Å². The lowest BCUT2D eigenvalue weighted by atomic mass is 9.90. The van der Waals surface area contributed by atoms with Crippen LogP contribution in [0, 0.1) is 5.92 Å². The third-order valence-corrected chi connectivity index (χ3v) is 7.89. The summed E-state index contributed by atoms with van der Waals surface area (Å²) in [7, 11) is -2.92. The summed E-state index contributed by atoms with van der Waals surface area (Å²) in [4.78, 5) is 12.8. The number of sulfone groups is 1. The Morgan fingerprint density at radius 3 is 2.59 bits per heavy atom. The van der Waals surface area contributed by atoms with Crippen LogP contribution in [0.1, 0.15) is 73.3 Å². The van der Waals surface area contributed by atoms with Crippen LogP contribution in [0.5, 0.6) is 0 Å². The van der Waals surface area contributed by atoms with Crippen LogP contribution in [0.25, 0.3) is 0 Å². The molecule has 1 aromatic carbocycles. The molecule has 29 heavy (non-hydrogen) atoms. The van der Waals surface area contributed by atoms with E-state index in [9.17, 15) is 13.2 Å². The van der Waals surface area contributed by atoms with Gasteiger partial charge in [-0.2, -0.15) is 0 Å². The number of Topliss-reactive ketones (excluding diaryl/α,β-unsaturated/α-hetero) is 1. The minimum Gasteiger partial charge on any atom is -0.416 e. The summed E-state index contributed by atoms with van der Waals surface area (Å²) in [6.07, 6.45) is 1.10. The number of aromatic nitrogens is 2. The smallest absolute Gasteiger partial charge is 0.277 e. The lowest BCUT2D eigenvalue weighted by Crippen LogP contribution is -2.09. The summed E-state index contributed by atoms with van der Waals surface area (Å²) in [6, 6.07) is 6.08. The number of carbonyl (C=O) groups excluding carboxylic acids is 1. The van der Waals surface area contributed by atoms with Crippen molar-refractivity contribution in [2.75, 3.05) is 17.3 Å². The first-order valence-corrected chi connectivity index (χ1v) is 12.8. The molecule has 158 valence electrons. The summed E-state index contributed by atoms with van der Waals surface area (Å²) in [5.74, 6) is 1.82. The third kappa shape index (κ3) is 5.69. The van der Waals surface area contributed by atoms with Crippen molar-refractivity contribution in [2.45, 2.75) is 57.6 Å². The molecule has 1 aromatic heterocycles. The molecule has 0 radical (unpaired) electrons. The minimum atomic E-state index is -2.92. The van der Waals surface area contributed by atoms with Crippen molar-refractivity contribution in [3.05, 3.63) is 40.8 Å². The van der Waals surface area contributed by atoms with E-state index in [1.807, 2.05) is 12.1 Å². The molecule has 3 rings (SSSR count). The highest BCUT2D eigenvalue weighted by Gasteiger charge is 2.29. The number of hydrogen-bond donors (Lipinski definition) is 0. The Hall–Kier alpha value is -1.67. The van der Waals surface area contributed by atoms with Crippen molar-refractivity contribution in [1.29, 1.82) is 0 Å². The van der Waals surface area contributed by atoms with Crippen molar-refractivity contribution >= 4 is 27.4 Å². The highest BCUT2D eigenvalue weighted by molar-refractivity contribution is 7.99. The summed E-state index contributed by atoms with van der Waals surface area (Å²) in [5, 5.41) is 8.36. The number of hydrogen-bond acceptors (Lipinski definition) is 7. The zero-order valence-corrected chi connectivity index (χ0v) is 19.0. The maximum Gasteiger partial charge on any atom is 0.277 e. The fraction of sp³-hybridized carbons (Fsp3) is 0.571. The molecule has 0 amide bonds. The lowest BCUT2D eigenvalue weighted by molar-refractivity contribution is 0.102. The highest BCUT2D eigenvalue weighted by Crippen LogP contribution is 2.28. The Morgan fingerprint density at radius 1 is 1.21 bits per heavy atom. The van der Waals surface area contributed by atoms with Crippen LogP contribution < -0.4 is 0 Å².